The van der Waals surface area contributed by atoms with E-state index in [9.17, 15) is 9.90 Å². The fourth-order valence-corrected chi connectivity index (χ4v) is 1.11. The van der Waals surface area contributed by atoms with Crippen molar-refractivity contribution >= 4 is 5.78 Å². The minimum atomic E-state index is 0.139. The fraction of sp³-hybridized carbons (Fsp3) is 0.562. The highest BCUT2D eigenvalue weighted by Crippen LogP contribution is 2.17. The van der Waals surface area contributed by atoms with E-state index < -0.39 is 0 Å². The van der Waals surface area contributed by atoms with Crippen LogP contribution in [0.3, 0.4) is 0 Å². The van der Waals surface area contributed by atoms with Gasteiger partial charge in [-0.3, -0.25) is 4.79 Å². The van der Waals surface area contributed by atoms with Crippen LogP contribution < -0.4 is 0 Å². The van der Waals surface area contributed by atoms with Gasteiger partial charge < -0.3 is 5.11 Å². The standard InChI is InChI=1S/C10H12O2.3C2H6/c1-7-5-9(6-8(2)11)3-4-10(7)12;3*1-2/h3-5,12H,6H2,1-2H3;3*1-2H3. The molecule has 0 saturated heterocycles. The second kappa shape index (κ2) is 15.7. The maximum Gasteiger partial charge on any atom is 0.134 e. The van der Waals surface area contributed by atoms with Crippen LogP contribution in [0.15, 0.2) is 18.2 Å². The van der Waals surface area contributed by atoms with Gasteiger partial charge in [-0.2, -0.15) is 0 Å². The molecule has 0 unspecified atom stereocenters. The van der Waals surface area contributed by atoms with Crippen molar-refractivity contribution in [1.82, 2.24) is 0 Å². The van der Waals surface area contributed by atoms with Gasteiger partial charge in [-0.15, -0.1) is 0 Å². The first kappa shape index (κ1) is 21.9. The molecule has 2 heteroatoms. The lowest BCUT2D eigenvalue weighted by atomic mass is 10.1. The van der Waals surface area contributed by atoms with Crippen molar-refractivity contribution in [1.29, 1.82) is 0 Å². The van der Waals surface area contributed by atoms with Crippen LogP contribution in [0.1, 0.15) is 59.6 Å². The number of aryl methyl sites for hydroxylation is 1. The largest absolute Gasteiger partial charge is 0.508 e. The third-order valence-corrected chi connectivity index (χ3v) is 1.71. The number of rotatable bonds is 2. The number of hydrogen-bond acceptors (Lipinski definition) is 2. The Bertz CT molecular complexity index is 304. The molecule has 0 amide bonds. The number of benzene rings is 1. The summed E-state index contributed by atoms with van der Waals surface area (Å²) in [7, 11) is 0. The van der Waals surface area contributed by atoms with Gasteiger partial charge in [-0.05, 0) is 31.0 Å². The van der Waals surface area contributed by atoms with Crippen molar-refractivity contribution in [3.8, 4) is 5.75 Å². The number of Topliss-reactive ketones (excluding diaryl/α,β-unsaturated/α-hetero) is 1. The monoisotopic (exact) mass is 254 g/mol. The molecule has 0 aliphatic heterocycles. The minimum Gasteiger partial charge on any atom is -0.508 e. The molecule has 0 aliphatic rings. The highest BCUT2D eigenvalue weighted by atomic mass is 16.3. The number of carbonyl (C=O) groups is 1. The molecule has 0 aromatic heterocycles. The zero-order valence-electron chi connectivity index (χ0n) is 13.3. The zero-order chi connectivity index (χ0) is 15.1. The topological polar surface area (TPSA) is 37.3 Å². The quantitative estimate of drug-likeness (QED) is 0.814. The zero-order valence-corrected chi connectivity index (χ0v) is 13.3. The van der Waals surface area contributed by atoms with Crippen LogP contribution in [-0.4, -0.2) is 10.9 Å². The van der Waals surface area contributed by atoms with Gasteiger partial charge in [-0.25, -0.2) is 0 Å². The second-order valence-electron chi connectivity index (χ2n) is 3.00. The normalized spacial score (nSPS) is 7.56. The van der Waals surface area contributed by atoms with Gasteiger partial charge in [0.1, 0.15) is 11.5 Å². The second-order valence-corrected chi connectivity index (χ2v) is 3.00. The molecule has 1 aromatic rings. The van der Waals surface area contributed by atoms with Gasteiger partial charge >= 0.3 is 0 Å². The third kappa shape index (κ3) is 11.2. The van der Waals surface area contributed by atoms with Crippen LogP contribution in [0.4, 0.5) is 0 Å². The fourth-order valence-electron chi connectivity index (χ4n) is 1.11. The van der Waals surface area contributed by atoms with E-state index >= 15 is 0 Å². The van der Waals surface area contributed by atoms with Crippen LogP contribution >= 0.6 is 0 Å². The van der Waals surface area contributed by atoms with Crippen LogP contribution in [0, 0.1) is 6.92 Å². The SMILES string of the molecule is CC.CC.CC.CC(=O)Cc1ccc(O)c(C)c1. The lowest BCUT2D eigenvalue weighted by molar-refractivity contribution is -0.116. The Morgan fingerprint density at radius 1 is 1.06 bits per heavy atom. The van der Waals surface area contributed by atoms with Gasteiger partial charge in [-0.1, -0.05) is 53.7 Å². The van der Waals surface area contributed by atoms with E-state index in [1.165, 1.54) is 0 Å². The average molecular weight is 254 g/mol. The van der Waals surface area contributed by atoms with Crippen LogP contribution in [-0.2, 0) is 11.2 Å². The maximum absolute atomic E-state index is 10.7. The summed E-state index contributed by atoms with van der Waals surface area (Å²) < 4.78 is 0. The Kier molecular flexibility index (Phi) is 19.1. The van der Waals surface area contributed by atoms with Crippen molar-refractivity contribution in [3.05, 3.63) is 29.3 Å². The van der Waals surface area contributed by atoms with Gasteiger partial charge in [0, 0.05) is 6.42 Å². The predicted octanol–water partition coefficient (Wildman–Crippen LogP) is 4.91. The Labute approximate surface area is 113 Å². The Hall–Kier alpha value is -1.31. The number of phenolic OH excluding ortho intramolecular Hbond substituents is 1. The molecular weight excluding hydrogens is 224 g/mol. The van der Waals surface area contributed by atoms with Crippen molar-refractivity contribution < 1.29 is 9.90 Å². The van der Waals surface area contributed by atoms with Crippen molar-refractivity contribution in [2.75, 3.05) is 0 Å². The molecule has 0 heterocycles. The van der Waals surface area contributed by atoms with Crippen molar-refractivity contribution in [2.45, 2.75) is 61.8 Å². The molecule has 18 heavy (non-hydrogen) atoms. The van der Waals surface area contributed by atoms with Crippen molar-refractivity contribution in [2.24, 2.45) is 0 Å². The van der Waals surface area contributed by atoms with E-state index in [1.54, 1.807) is 19.1 Å². The van der Waals surface area contributed by atoms with Gasteiger partial charge in [0.05, 0.1) is 0 Å². The average Bonchev–Trinajstić information content (AvgIpc) is 2.40. The van der Waals surface area contributed by atoms with E-state index in [0.29, 0.717) is 6.42 Å². The lowest BCUT2D eigenvalue weighted by Gasteiger charge is -2.01. The Morgan fingerprint density at radius 2 is 1.50 bits per heavy atom. The summed E-state index contributed by atoms with van der Waals surface area (Å²) >= 11 is 0. The summed E-state index contributed by atoms with van der Waals surface area (Å²) in [5.74, 6) is 0.419. The molecule has 0 radical (unpaired) electrons. The molecule has 0 fully saturated rings. The smallest absolute Gasteiger partial charge is 0.134 e. The van der Waals surface area contributed by atoms with Crippen LogP contribution in [0.25, 0.3) is 0 Å². The number of carbonyl (C=O) groups excluding carboxylic acids is 1. The van der Waals surface area contributed by atoms with E-state index in [1.807, 2.05) is 54.5 Å². The maximum atomic E-state index is 10.7. The third-order valence-electron chi connectivity index (χ3n) is 1.71. The first-order chi connectivity index (χ1) is 8.59. The Morgan fingerprint density at radius 3 is 1.83 bits per heavy atom. The molecule has 2 nitrogen and oxygen atoms in total. The summed E-state index contributed by atoms with van der Waals surface area (Å²) in [5.41, 5.74) is 1.77. The first-order valence-corrected chi connectivity index (χ1v) is 6.87. The molecule has 0 bridgehead atoms. The molecule has 0 atom stereocenters. The number of hydrogen-bond donors (Lipinski definition) is 1. The van der Waals surface area contributed by atoms with E-state index in [4.69, 9.17) is 0 Å². The van der Waals surface area contributed by atoms with E-state index in [0.717, 1.165) is 11.1 Å². The highest BCUT2D eigenvalue weighted by molar-refractivity contribution is 5.78. The Balaban J connectivity index is -0.000000328. The summed E-state index contributed by atoms with van der Waals surface area (Å²) in [6.45, 7) is 15.4. The number of ketones is 1. The summed E-state index contributed by atoms with van der Waals surface area (Å²) in [6.07, 6.45) is 0.446. The van der Waals surface area contributed by atoms with Crippen LogP contribution in [0.2, 0.25) is 0 Å². The molecule has 106 valence electrons. The lowest BCUT2D eigenvalue weighted by Crippen LogP contribution is -1.96. The molecule has 1 N–H and O–H groups in total. The predicted molar refractivity (Wildman–Crippen MR) is 81.3 cm³/mol. The highest BCUT2D eigenvalue weighted by Gasteiger charge is 2.00. The van der Waals surface area contributed by atoms with Crippen molar-refractivity contribution in [3.63, 3.8) is 0 Å². The first-order valence-electron chi connectivity index (χ1n) is 6.87. The number of phenols is 1. The summed E-state index contributed by atoms with van der Waals surface area (Å²) in [4.78, 5) is 10.7. The van der Waals surface area contributed by atoms with E-state index in [-0.39, 0.29) is 11.5 Å². The molecule has 1 aromatic carbocycles. The molecular formula is C16H30O2. The minimum absolute atomic E-state index is 0.139. The molecule has 0 saturated carbocycles. The number of aromatic hydroxyl groups is 1. The molecule has 0 aliphatic carbocycles. The summed E-state index contributed by atoms with van der Waals surface area (Å²) in [6, 6.07) is 5.22. The van der Waals surface area contributed by atoms with E-state index in [2.05, 4.69) is 0 Å². The van der Waals surface area contributed by atoms with Gasteiger partial charge in [0.25, 0.3) is 0 Å². The van der Waals surface area contributed by atoms with Gasteiger partial charge in [0.15, 0.2) is 0 Å². The molecule has 1 rings (SSSR count). The summed E-state index contributed by atoms with van der Waals surface area (Å²) in [5, 5.41) is 9.19. The van der Waals surface area contributed by atoms with Crippen LogP contribution in [0.5, 0.6) is 5.75 Å². The van der Waals surface area contributed by atoms with Gasteiger partial charge in [0.2, 0.25) is 0 Å². The molecule has 0 spiro atoms.